The molecule has 0 bridgehead atoms. The number of rotatable bonds is 3. The minimum atomic E-state index is 0.569. The Hall–Kier alpha value is -0.340. The summed E-state index contributed by atoms with van der Waals surface area (Å²) >= 11 is 3.48. The van der Waals surface area contributed by atoms with Crippen LogP contribution in [-0.2, 0) is 6.42 Å². The molecular formula is C11H16BrN. The fraction of sp³-hybridized carbons (Fsp3) is 0.455. The molecule has 1 nitrogen and oxygen atoms in total. The van der Waals surface area contributed by atoms with Crippen LogP contribution in [0.2, 0.25) is 0 Å². The first-order valence-electron chi connectivity index (χ1n) is 4.63. The lowest BCUT2D eigenvalue weighted by molar-refractivity contribution is 0.830. The predicted octanol–water partition coefficient (Wildman–Crippen LogP) is 3.07. The summed E-state index contributed by atoms with van der Waals surface area (Å²) in [4.78, 5) is 0. The number of hydrogen-bond acceptors (Lipinski definition) is 1. The fourth-order valence-electron chi connectivity index (χ4n) is 1.49. The second-order valence-corrected chi connectivity index (χ2v) is 4.45. The third kappa shape index (κ3) is 2.82. The smallest absolute Gasteiger partial charge is 0.0178 e. The van der Waals surface area contributed by atoms with E-state index >= 15 is 0 Å². The zero-order valence-electron chi connectivity index (χ0n) is 8.18. The van der Waals surface area contributed by atoms with Gasteiger partial charge in [0.1, 0.15) is 0 Å². The first-order chi connectivity index (χ1) is 6.15. The molecule has 0 fully saturated rings. The SMILES string of the molecule is CC(C)c1cc(Br)ccc1CCN. The van der Waals surface area contributed by atoms with E-state index in [9.17, 15) is 0 Å². The second kappa shape index (κ2) is 4.77. The van der Waals surface area contributed by atoms with Gasteiger partial charge in [0.05, 0.1) is 0 Å². The minimum Gasteiger partial charge on any atom is -0.330 e. The minimum absolute atomic E-state index is 0.569. The molecule has 2 heteroatoms. The van der Waals surface area contributed by atoms with Crippen LogP contribution in [0.4, 0.5) is 0 Å². The van der Waals surface area contributed by atoms with Crippen LogP contribution in [0.25, 0.3) is 0 Å². The van der Waals surface area contributed by atoms with Crippen molar-refractivity contribution in [1.82, 2.24) is 0 Å². The van der Waals surface area contributed by atoms with Gasteiger partial charge in [-0.25, -0.2) is 0 Å². The first kappa shape index (κ1) is 10.7. The molecule has 0 aliphatic carbocycles. The average Bonchev–Trinajstić information content (AvgIpc) is 2.08. The molecule has 0 heterocycles. The van der Waals surface area contributed by atoms with E-state index in [1.807, 2.05) is 0 Å². The summed E-state index contributed by atoms with van der Waals surface area (Å²) in [5.74, 6) is 0.569. The highest BCUT2D eigenvalue weighted by Gasteiger charge is 2.05. The van der Waals surface area contributed by atoms with Crippen LogP contribution in [0.15, 0.2) is 22.7 Å². The molecule has 0 radical (unpaired) electrons. The summed E-state index contributed by atoms with van der Waals surface area (Å²) in [5.41, 5.74) is 8.33. The molecular weight excluding hydrogens is 226 g/mol. The molecule has 0 atom stereocenters. The van der Waals surface area contributed by atoms with Gasteiger partial charge in [0, 0.05) is 4.47 Å². The quantitative estimate of drug-likeness (QED) is 0.866. The molecule has 0 unspecified atom stereocenters. The van der Waals surface area contributed by atoms with Gasteiger partial charge >= 0.3 is 0 Å². The molecule has 1 rings (SSSR count). The lowest BCUT2D eigenvalue weighted by Crippen LogP contribution is -2.06. The van der Waals surface area contributed by atoms with Crippen molar-refractivity contribution in [3.63, 3.8) is 0 Å². The Morgan fingerprint density at radius 3 is 2.62 bits per heavy atom. The molecule has 0 saturated carbocycles. The van der Waals surface area contributed by atoms with E-state index in [0.717, 1.165) is 17.4 Å². The monoisotopic (exact) mass is 241 g/mol. The van der Waals surface area contributed by atoms with E-state index in [1.165, 1.54) is 11.1 Å². The molecule has 1 aromatic rings. The Labute approximate surface area is 88.5 Å². The maximum Gasteiger partial charge on any atom is 0.0178 e. The number of nitrogens with two attached hydrogens (primary N) is 1. The number of benzene rings is 1. The van der Waals surface area contributed by atoms with Crippen LogP contribution in [0, 0.1) is 0 Å². The molecule has 0 aliphatic heterocycles. The molecule has 2 N–H and O–H groups in total. The Morgan fingerprint density at radius 1 is 1.38 bits per heavy atom. The van der Waals surface area contributed by atoms with Gasteiger partial charge in [-0.2, -0.15) is 0 Å². The second-order valence-electron chi connectivity index (χ2n) is 3.54. The van der Waals surface area contributed by atoms with Crippen molar-refractivity contribution in [2.75, 3.05) is 6.54 Å². The van der Waals surface area contributed by atoms with Crippen LogP contribution in [0.1, 0.15) is 30.9 Å². The molecule has 0 aliphatic rings. The predicted molar refractivity (Wildman–Crippen MR) is 61.0 cm³/mol. The molecule has 13 heavy (non-hydrogen) atoms. The molecule has 0 aromatic heterocycles. The Balaban J connectivity index is 3.03. The Morgan fingerprint density at radius 2 is 2.08 bits per heavy atom. The van der Waals surface area contributed by atoms with Crippen LogP contribution in [0.5, 0.6) is 0 Å². The van der Waals surface area contributed by atoms with E-state index in [-0.39, 0.29) is 0 Å². The molecule has 72 valence electrons. The van der Waals surface area contributed by atoms with Crippen molar-refractivity contribution in [3.8, 4) is 0 Å². The van der Waals surface area contributed by atoms with Crippen LogP contribution >= 0.6 is 15.9 Å². The lowest BCUT2D eigenvalue weighted by Gasteiger charge is -2.12. The van der Waals surface area contributed by atoms with Crippen molar-refractivity contribution in [3.05, 3.63) is 33.8 Å². The lowest BCUT2D eigenvalue weighted by atomic mass is 9.95. The van der Waals surface area contributed by atoms with Crippen LogP contribution in [-0.4, -0.2) is 6.54 Å². The molecule has 1 aromatic carbocycles. The van der Waals surface area contributed by atoms with Crippen LogP contribution < -0.4 is 5.73 Å². The van der Waals surface area contributed by atoms with Gasteiger partial charge in [-0.05, 0) is 42.1 Å². The van der Waals surface area contributed by atoms with Gasteiger partial charge in [-0.3, -0.25) is 0 Å². The van der Waals surface area contributed by atoms with Gasteiger partial charge in [0.25, 0.3) is 0 Å². The Kier molecular flexibility index (Phi) is 3.94. The van der Waals surface area contributed by atoms with Crippen molar-refractivity contribution in [1.29, 1.82) is 0 Å². The van der Waals surface area contributed by atoms with E-state index in [4.69, 9.17) is 5.73 Å². The van der Waals surface area contributed by atoms with Crippen molar-refractivity contribution >= 4 is 15.9 Å². The van der Waals surface area contributed by atoms with Gasteiger partial charge < -0.3 is 5.73 Å². The normalized spacial score (nSPS) is 10.8. The third-order valence-electron chi connectivity index (χ3n) is 2.14. The van der Waals surface area contributed by atoms with E-state index < -0.39 is 0 Å². The highest BCUT2D eigenvalue weighted by molar-refractivity contribution is 9.10. The molecule has 0 amide bonds. The molecule has 0 spiro atoms. The highest BCUT2D eigenvalue weighted by atomic mass is 79.9. The maximum atomic E-state index is 5.56. The largest absolute Gasteiger partial charge is 0.330 e. The summed E-state index contributed by atoms with van der Waals surface area (Å²) in [6, 6.07) is 6.43. The van der Waals surface area contributed by atoms with Crippen LogP contribution in [0.3, 0.4) is 0 Å². The van der Waals surface area contributed by atoms with Gasteiger partial charge in [0.2, 0.25) is 0 Å². The molecule has 0 saturated heterocycles. The maximum absolute atomic E-state index is 5.56. The highest BCUT2D eigenvalue weighted by Crippen LogP contribution is 2.23. The first-order valence-corrected chi connectivity index (χ1v) is 5.43. The van der Waals surface area contributed by atoms with Gasteiger partial charge in [-0.1, -0.05) is 35.8 Å². The standard InChI is InChI=1S/C11H16BrN/c1-8(2)11-7-10(12)4-3-9(11)5-6-13/h3-4,7-8H,5-6,13H2,1-2H3. The summed E-state index contributed by atoms with van der Waals surface area (Å²) in [7, 11) is 0. The zero-order chi connectivity index (χ0) is 9.84. The van der Waals surface area contributed by atoms with Crippen molar-refractivity contribution < 1.29 is 0 Å². The summed E-state index contributed by atoms with van der Waals surface area (Å²) in [5, 5.41) is 0. The van der Waals surface area contributed by atoms with E-state index in [0.29, 0.717) is 5.92 Å². The summed E-state index contributed by atoms with van der Waals surface area (Å²) < 4.78 is 1.15. The van der Waals surface area contributed by atoms with Crippen molar-refractivity contribution in [2.24, 2.45) is 5.73 Å². The van der Waals surface area contributed by atoms with Gasteiger partial charge in [-0.15, -0.1) is 0 Å². The summed E-state index contributed by atoms with van der Waals surface area (Å²) in [6.45, 7) is 5.14. The zero-order valence-corrected chi connectivity index (χ0v) is 9.76. The third-order valence-corrected chi connectivity index (χ3v) is 2.64. The number of halogens is 1. The number of hydrogen-bond donors (Lipinski definition) is 1. The fourth-order valence-corrected chi connectivity index (χ4v) is 1.87. The summed E-state index contributed by atoms with van der Waals surface area (Å²) in [6.07, 6.45) is 0.973. The Bertz CT molecular complexity index is 281. The average molecular weight is 242 g/mol. The van der Waals surface area contributed by atoms with Crippen molar-refractivity contribution in [2.45, 2.75) is 26.2 Å². The topological polar surface area (TPSA) is 26.0 Å². The van der Waals surface area contributed by atoms with Gasteiger partial charge in [0.15, 0.2) is 0 Å². The van der Waals surface area contributed by atoms with E-state index in [1.54, 1.807) is 0 Å². The van der Waals surface area contributed by atoms with E-state index in [2.05, 4.69) is 48.0 Å².